The summed E-state index contributed by atoms with van der Waals surface area (Å²) in [6, 6.07) is 0. The van der Waals surface area contributed by atoms with E-state index in [9.17, 15) is 4.79 Å². The van der Waals surface area contributed by atoms with Gasteiger partial charge in [-0.3, -0.25) is 0 Å². The Kier molecular flexibility index (Phi) is 3.65. The van der Waals surface area contributed by atoms with Crippen LogP contribution in [0.5, 0.6) is 0 Å². The third kappa shape index (κ3) is 2.87. The summed E-state index contributed by atoms with van der Waals surface area (Å²) in [4.78, 5) is 15.5. The molecule has 1 aromatic rings. The molecule has 1 atom stereocenters. The van der Waals surface area contributed by atoms with Crippen LogP contribution in [0.3, 0.4) is 0 Å². The van der Waals surface area contributed by atoms with Crippen LogP contribution in [0.15, 0.2) is 4.42 Å². The van der Waals surface area contributed by atoms with Crippen molar-refractivity contribution in [3.8, 4) is 0 Å². The molecule has 0 saturated heterocycles. The van der Waals surface area contributed by atoms with Gasteiger partial charge in [-0.2, -0.15) is 0 Å². The van der Waals surface area contributed by atoms with Gasteiger partial charge in [0.25, 0.3) is 0 Å². The van der Waals surface area contributed by atoms with E-state index in [0.717, 1.165) is 0 Å². The number of aromatic carboxylic acids is 1. The Morgan fingerprint density at radius 1 is 1.29 bits per heavy atom. The van der Waals surface area contributed by atoms with Crippen LogP contribution in [-0.4, -0.2) is 16.1 Å². The monoisotopic (exact) mass is 239 g/mol. The maximum absolute atomic E-state index is 11.1. The highest BCUT2D eigenvalue weighted by molar-refractivity contribution is 5.86. The van der Waals surface area contributed by atoms with Gasteiger partial charge in [0, 0.05) is 11.3 Å². The SMILES string of the molecule is CC(C)C(C)c1nc(C(C)(C)C)c(C(=O)O)o1. The number of aromatic nitrogens is 1. The van der Waals surface area contributed by atoms with E-state index < -0.39 is 5.97 Å². The summed E-state index contributed by atoms with van der Waals surface area (Å²) in [5.41, 5.74) is 0.194. The van der Waals surface area contributed by atoms with Gasteiger partial charge in [-0.25, -0.2) is 9.78 Å². The van der Waals surface area contributed by atoms with E-state index >= 15 is 0 Å². The molecule has 0 aromatic carbocycles. The van der Waals surface area contributed by atoms with Crippen LogP contribution in [0.2, 0.25) is 0 Å². The van der Waals surface area contributed by atoms with Crippen LogP contribution in [0.4, 0.5) is 0 Å². The van der Waals surface area contributed by atoms with E-state index in [2.05, 4.69) is 18.8 Å². The molecule has 0 saturated carbocycles. The molecule has 0 bridgehead atoms. The van der Waals surface area contributed by atoms with Gasteiger partial charge in [0.2, 0.25) is 5.76 Å². The molecule has 0 aliphatic carbocycles. The Morgan fingerprint density at radius 2 is 1.82 bits per heavy atom. The Morgan fingerprint density at radius 3 is 2.12 bits per heavy atom. The molecule has 4 nitrogen and oxygen atoms in total. The molecule has 1 rings (SSSR count). The summed E-state index contributed by atoms with van der Waals surface area (Å²) in [6.45, 7) is 11.9. The zero-order valence-electron chi connectivity index (χ0n) is 11.4. The van der Waals surface area contributed by atoms with Crippen molar-refractivity contribution in [2.75, 3.05) is 0 Å². The van der Waals surface area contributed by atoms with Crippen LogP contribution < -0.4 is 0 Å². The van der Waals surface area contributed by atoms with Crippen molar-refractivity contribution < 1.29 is 14.3 Å². The second-order valence-electron chi connectivity index (χ2n) is 5.82. The Bertz CT molecular complexity index is 413. The van der Waals surface area contributed by atoms with Crippen LogP contribution in [-0.2, 0) is 5.41 Å². The third-order valence-corrected chi connectivity index (χ3v) is 2.94. The molecule has 1 N–H and O–H groups in total. The largest absolute Gasteiger partial charge is 0.475 e. The van der Waals surface area contributed by atoms with Gasteiger partial charge in [-0.1, -0.05) is 41.5 Å². The lowest BCUT2D eigenvalue weighted by Crippen LogP contribution is -2.16. The first kappa shape index (κ1) is 13.7. The van der Waals surface area contributed by atoms with E-state index in [1.807, 2.05) is 27.7 Å². The summed E-state index contributed by atoms with van der Waals surface area (Å²) in [7, 11) is 0. The molecule has 17 heavy (non-hydrogen) atoms. The van der Waals surface area contributed by atoms with Crippen molar-refractivity contribution in [3.63, 3.8) is 0 Å². The molecule has 1 aromatic heterocycles. The number of oxazole rings is 1. The molecule has 4 heteroatoms. The van der Waals surface area contributed by atoms with E-state index in [4.69, 9.17) is 9.52 Å². The minimum Gasteiger partial charge on any atom is -0.475 e. The van der Waals surface area contributed by atoms with Crippen molar-refractivity contribution in [1.82, 2.24) is 4.98 Å². The molecular weight excluding hydrogens is 218 g/mol. The smallest absolute Gasteiger partial charge is 0.373 e. The molecule has 1 heterocycles. The molecule has 96 valence electrons. The van der Waals surface area contributed by atoms with E-state index in [1.54, 1.807) is 0 Å². The predicted molar refractivity (Wildman–Crippen MR) is 65.4 cm³/mol. The number of hydrogen-bond donors (Lipinski definition) is 1. The van der Waals surface area contributed by atoms with Crippen LogP contribution >= 0.6 is 0 Å². The first-order valence-electron chi connectivity index (χ1n) is 5.89. The number of carboxylic acids is 1. The predicted octanol–water partition coefficient (Wildman–Crippen LogP) is 3.43. The highest BCUT2D eigenvalue weighted by Gasteiger charge is 2.30. The van der Waals surface area contributed by atoms with Gasteiger partial charge < -0.3 is 9.52 Å². The molecule has 0 fully saturated rings. The van der Waals surface area contributed by atoms with Crippen molar-refractivity contribution in [3.05, 3.63) is 17.3 Å². The van der Waals surface area contributed by atoms with Crippen molar-refractivity contribution in [2.45, 2.75) is 52.9 Å². The second kappa shape index (κ2) is 4.51. The highest BCUT2D eigenvalue weighted by atomic mass is 16.4. The van der Waals surface area contributed by atoms with Gasteiger partial charge in [-0.05, 0) is 5.92 Å². The summed E-state index contributed by atoms with van der Waals surface area (Å²) < 4.78 is 5.42. The van der Waals surface area contributed by atoms with Crippen molar-refractivity contribution in [2.24, 2.45) is 5.92 Å². The quantitative estimate of drug-likeness (QED) is 0.877. The standard InChI is InChI=1S/C13H21NO3/c1-7(2)8(3)11-14-10(13(4,5)6)9(17-11)12(15)16/h7-8H,1-6H3,(H,15,16). The van der Waals surface area contributed by atoms with Crippen LogP contribution in [0.1, 0.15) is 69.6 Å². The zero-order valence-corrected chi connectivity index (χ0v) is 11.4. The first-order chi connectivity index (χ1) is 7.64. The lowest BCUT2D eigenvalue weighted by Gasteiger charge is -2.15. The lowest BCUT2D eigenvalue weighted by atomic mass is 9.91. The van der Waals surface area contributed by atoms with Gasteiger partial charge in [-0.15, -0.1) is 0 Å². The number of carboxylic acid groups (broad SMARTS) is 1. The number of rotatable bonds is 3. The van der Waals surface area contributed by atoms with Gasteiger partial charge in [0.15, 0.2) is 5.89 Å². The maximum atomic E-state index is 11.1. The fourth-order valence-electron chi connectivity index (χ4n) is 1.47. The van der Waals surface area contributed by atoms with Gasteiger partial charge >= 0.3 is 5.97 Å². The van der Waals surface area contributed by atoms with Gasteiger partial charge in [0.05, 0.1) is 5.69 Å². The van der Waals surface area contributed by atoms with Crippen LogP contribution in [0.25, 0.3) is 0 Å². The van der Waals surface area contributed by atoms with E-state index in [1.165, 1.54) is 0 Å². The number of hydrogen-bond acceptors (Lipinski definition) is 3. The van der Waals surface area contributed by atoms with Gasteiger partial charge in [0.1, 0.15) is 0 Å². The summed E-state index contributed by atoms with van der Waals surface area (Å²) in [5.74, 6) is -0.0840. The summed E-state index contributed by atoms with van der Waals surface area (Å²) in [5, 5.41) is 9.13. The number of nitrogens with zero attached hydrogens (tertiary/aromatic N) is 1. The average molecular weight is 239 g/mol. The molecule has 0 amide bonds. The second-order valence-corrected chi connectivity index (χ2v) is 5.82. The summed E-state index contributed by atoms with van der Waals surface area (Å²) in [6.07, 6.45) is 0. The molecular formula is C13H21NO3. The fourth-order valence-corrected chi connectivity index (χ4v) is 1.47. The number of carbonyl (C=O) groups is 1. The van der Waals surface area contributed by atoms with E-state index in [-0.39, 0.29) is 17.1 Å². The Balaban J connectivity index is 3.27. The van der Waals surface area contributed by atoms with E-state index in [0.29, 0.717) is 17.5 Å². The fraction of sp³-hybridized carbons (Fsp3) is 0.692. The first-order valence-corrected chi connectivity index (χ1v) is 5.89. The normalized spacial score (nSPS) is 14.1. The highest BCUT2D eigenvalue weighted by Crippen LogP contribution is 2.30. The Hall–Kier alpha value is -1.32. The van der Waals surface area contributed by atoms with Crippen molar-refractivity contribution in [1.29, 1.82) is 0 Å². The van der Waals surface area contributed by atoms with Crippen molar-refractivity contribution >= 4 is 5.97 Å². The lowest BCUT2D eigenvalue weighted by molar-refractivity contribution is 0.0655. The molecule has 1 unspecified atom stereocenters. The minimum absolute atomic E-state index is 0.0278. The maximum Gasteiger partial charge on any atom is 0.373 e. The minimum atomic E-state index is -1.05. The molecule has 0 radical (unpaired) electrons. The zero-order chi connectivity index (χ0) is 13.4. The molecule has 0 aliphatic rings. The Labute approximate surface area is 102 Å². The molecule has 0 spiro atoms. The van der Waals surface area contributed by atoms with Crippen LogP contribution in [0, 0.1) is 5.92 Å². The summed E-state index contributed by atoms with van der Waals surface area (Å²) >= 11 is 0. The third-order valence-electron chi connectivity index (χ3n) is 2.94. The molecule has 0 aliphatic heterocycles. The average Bonchev–Trinajstić information content (AvgIpc) is 2.59. The topological polar surface area (TPSA) is 63.3 Å².